The lowest BCUT2D eigenvalue weighted by atomic mass is 9.95. The van der Waals surface area contributed by atoms with Gasteiger partial charge in [0.15, 0.2) is 0 Å². The summed E-state index contributed by atoms with van der Waals surface area (Å²) in [5, 5.41) is 10.3. The van der Waals surface area contributed by atoms with E-state index in [9.17, 15) is 0 Å². The first-order valence-corrected chi connectivity index (χ1v) is 8.13. The van der Waals surface area contributed by atoms with E-state index < -0.39 is 0 Å². The van der Waals surface area contributed by atoms with Crippen molar-refractivity contribution in [2.75, 3.05) is 13.1 Å². The number of hydrogen-bond acceptors (Lipinski definition) is 4. The summed E-state index contributed by atoms with van der Waals surface area (Å²) in [4.78, 5) is 4.50. The summed E-state index contributed by atoms with van der Waals surface area (Å²) in [6.07, 6.45) is 2.17. The van der Waals surface area contributed by atoms with Gasteiger partial charge in [0, 0.05) is 31.4 Å². The van der Waals surface area contributed by atoms with E-state index in [1.54, 1.807) is 16.9 Å². The van der Waals surface area contributed by atoms with Crippen LogP contribution in [0.2, 0.25) is 0 Å². The Balaban J connectivity index is 1.53. The number of fused-ring (bicyclic) bond motifs is 1. The maximum atomic E-state index is 4.50. The third kappa shape index (κ3) is 3.26. The maximum Gasteiger partial charge on any atom is 0.0897 e. The van der Waals surface area contributed by atoms with E-state index in [1.807, 2.05) is 0 Å². The highest BCUT2D eigenvalue weighted by Crippen LogP contribution is 2.18. The molecule has 2 heterocycles. The predicted octanol–water partition coefficient (Wildman–Crippen LogP) is 2.43. The average molecular weight is 287 g/mol. The van der Waals surface area contributed by atoms with Gasteiger partial charge in [-0.15, -0.1) is 11.3 Å². The minimum absolute atomic E-state index is 0.965. The molecule has 0 aliphatic carbocycles. The summed E-state index contributed by atoms with van der Waals surface area (Å²) in [6.45, 7) is 6.13. The van der Waals surface area contributed by atoms with Crippen LogP contribution in [-0.4, -0.2) is 18.1 Å². The lowest BCUT2D eigenvalue weighted by molar-refractivity contribution is 0.625. The lowest BCUT2D eigenvalue weighted by Gasteiger charge is -2.20. The molecular formula is C16H21N3S. The number of thiazole rings is 1. The summed E-state index contributed by atoms with van der Waals surface area (Å²) in [5.41, 5.74) is 5.67. The van der Waals surface area contributed by atoms with E-state index in [0.29, 0.717) is 0 Å². The molecule has 106 valence electrons. The molecule has 20 heavy (non-hydrogen) atoms. The van der Waals surface area contributed by atoms with Gasteiger partial charge in [-0.2, -0.15) is 0 Å². The van der Waals surface area contributed by atoms with Crippen LogP contribution < -0.4 is 10.6 Å². The van der Waals surface area contributed by atoms with Crippen molar-refractivity contribution in [1.29, 1.82) is 0 Å². The van der Waals surface area contributed by atoms with Crippen molar-refractivity contribution in [3.05, 3.63) is 51.0 Å². The SMILES string of the molecule is Cc1nc(CCNCc2cccc3c2CCNC3)cs1. The highest BCUT2D eigenvalue weighted by Gasteiger charge is 2.11. The Kier molecular flexibility index (Phi) is 4.45. The highest BCUT2D eigenvalue weighted by atomic mass is 32.1. The molecule has 1 aliphatic heterocycles. The van der Waals surface area contributed by atoms with Gasteiger partial charge >= 0.3 is 0 Å². The van der Waals surface area contributed by atoms with Gasteiger partial charge in [0.05, 0.1) is 10.7 Å². The monoisotopic (exact) mass is 287 g/mol. The zero-order valence-electron chi connectivity index (χ0n) is 11.9. The van der Waals surface area contributed by atoms with Crippen molar-refractivity contribution >= 4 is 11.3 Å². The maximum absolute atomic E-state index is 4.50. The molecule has 0 saturated carbocycles. The van der Waals surface area contributed by atoms with Gasteiger partial charge in [-0.25, -0.2) is 4.98 Å². The highest BCUT2D eigenvalue weighted by molar-refractivity contribution is 7.09. The van der Waals surface area contributed by atoms with Crippen molar-refractivity contribution in [1.82, 2.24) is 15.6 Å². The van der Waals surface area contributed by atoms with Gasteiger partial charge in [-0.3, -0.25) is 0 Å². The van der Waals surface area contributed by atoms with E-state index in [1.165, 1.54) is 16.8 Å². The number of benzene rings is 1. The molecule has 0 unspecified atom stereocenters. The van der Waals surface area contributed by atoms with Crippen molar-refractivity contribution in [3.8, 4) is 0 Å². The molecule has 0 amide bonds. The van der Waals surface area contributed by atoms with Gasteiger partial charge in [0.25, 0.3) is 0 Å². The summed E-state index contributed by atoms with van der Waals surface area (Å²) < 4.78 is 0. The molecule has 2 aromatic rings. The molecule has 3 nitrogen and oxygen atoms in total. The van der Waals surface area contributed by atoms with Crippen molar-refractivity contribution in [3.63, 3.8) is 0 Å². The number of aromatic nitrogens is 1. The molecule has 3 rings (SSSR count). The van der Waals surface area contributed by atoms with Crippen molar-refractivity contribution < 1.29 is 0 Å². The first kappa shape index (κ1) is 13.7. The molecule has 0 saturated heterocycles. The zero-order chi connectivity index (χ0) is 13.8. The smallest absolute Gasteiger partial charge is 0.0897 e. The molecule has 0 atom stereocenters. The van der Waals surface area contributed by atoms with E-state index in [4.69, 9.17) is 0 Å². The minimum Gasteiger partial charge on any atom is -0.312 e. The summed E-state index contributed by atoms with van der Waals surface area (Å²) in [5.74, 6) is 0. The first-order chi connectivity index (χ1) is 9.83. The Bertz CT molecular complexity index is 577. The number of nitrogens with one attached hydrogen (secondary N) is 2. The Morgan fingerprint density at radius 1 is 1.40 bits per heavy atom. The third-order valence-electron chi connectivity index (χ3n) is 3.78. The molecule has 0 bridgehead atoms. The molecular weight excluding hydrogens is 266 g/mol. The van der Waals surface area contributed by atoms with E-state index in [0.717, 1.165) is 44.0 Å². The minimum atomic E-state index is 0.965. The van der Waals surface area contributed by atoms with Gasteiger partial charge in [0.2, 0.25) is 0 Å². The molecule has 0 radical (unpaired) electrons. The summed E-state index contributed by atoms with van der Waals surface area (Å²) >= 11 is 1.73. The topological polar surface area (TPSA) is 37.0 Å². The summed E-state index contributed by atoms with van der Waals surface area (Å²) in [6, 6.07) is 6.67. The summed E-state index contributed by atoms with van der Waals surface area (Å²) in [7, 11) is 0. The van der Waals surface area contributed by atoms with Crippen LogP contribution >= 0.6 is 11.3 Å². The van der Waals surface area contributed by atoms with Gasteiger partial charge in [-0.1, -0.05) is 18.2 Å². The molecule has 0 fully saturated rings. The number of rotatable bonds is 5. The third-order valence-corrected chi connectivity index (χ3v) is 4.60. The Hall–Kier alpha value is -1.23. The molecule has 1 aliphatic rings. The van der Waals surface area contributed by atoms with E-state index in [-0.39, 0.29) is 0 Å². The second-order valence-corrected chi connectivity index (χ2v) is 6.33. The average Bonchev–Trinajstić information content (AvgIpc) is 2.89. The Morgan fingerprint density at radius 2 is 2.35 bits per heavy atom. The standard InChI is InChI=1S/C16H21N3S/c1-12-19-15(11-20-12)5-7-17-9-13-3-2-4-14-10-18-8-6-16(13)14/h2-4,11,17-18H,5-10H2,1H3. The Labute approximate surface area is 124 Å². The van der Waals surface area contributed by atoms with Crippen molar-refractivity contribution in [2.24, 2.45) is 0 Å². The quantitative estimate of drug-likeness (QED) is 0.829. The predicted molar refractivity (Wildman–Crippen MR) is 84.1 cm³/mol. The largest absolute Gasteiger partial charge is 0.312 e. The van der Waals surface area contributed by atoms with Crippen molar-refractivity contribution in [2.45, 2.75) is 32.9 Å². The van der Waals surface area contributed by atoms with Gasteiger partial charge < -0.3 is 10.6 Å². The van der Waals surface area contributed by atoms with Crippen LogP contribution in [-0.2, 0) is 25.9 Å². The number of aryl methyl sites for hydroxylation is 1. The molecule has 4 heteroatoms. The van der Waals surface area contributed by atoms with Crippen LogP contribution in [0.4, 0.5) is 0 Å². The normalized spacial score (nSPS) is 14.2. The van der Waals surface area contributed by atoms with Gasteiger partial charge in [0.1, 0.15) is 0 Å². The van der Waals surface area contributed by atoms with E-state index in [2.05, 4.69) is 46.1 Å². The van der Waals surface area contributed by atoms with Crippen LogP contribution in [0, 0.1) is 6.92 Å². The van der Waals surface area contributed by atoms with Crippen LogP contribution in [0.1, 0.15) is 27.4 Å². The van der Waals surface area contributed by atoms with Crippen LogP contribution in [0.3, 0.4) is 0 Å². The fourth-order valence-corrected chi connectivity index (χ4v) is 3.39. The fourth-order valence-electron chi connectivity index (χ4n) is 2.74. The second kappa shape index (κ2) is 6.48. The second-order valence-electron chi connectivity index (χ2n) is 5.27. The Morgan fingerprint density at radius 3 is 3.20 bits per heavy atom. The van der Waals surface area contributed by atoms with Crippen LogP contribution in [0.15, 0.2) is 23.6 Å². The number of nitrogens with zero attached hydrogens (tertiary/aromatic N) is 1. The zero-order valence-corrected chi connectivity index (χ0v) is 12.7. The lowest BCUT2D eigenvalue weighted by Crippen LogP contribution is -2.26. The molecule has 1 aromatic heterocycles. The van der Waals surface area contributed by atoms with Crippen LogP contribution in [0.5, 0.6) is 0 Å². The fraction of sp³-hybridized carbons (Fsp3) is 0.438. The molecule has 1 aromatic carbocycles. The van der Waals surface area contributed by atoms with Crippen LogP contribution in [0.25, 0.3) is 0 Å². The van der Waals surface area contributed by atoms with E-state index >= 15 is 0 Å². The molecule has 0 spiro atoms. The molecule has 2 N–H and O–H groups in total. The first-order valence-electron chi connectivity index (χ1n) is 7.25. The number of hydrogen-bond donors (Lipinski definition) is 2. The van der Waals surface area contributed by atoms with Gasteiger partial charge in [-0.05, 0) is 36.6 Å².